The van der Waals surface area contributed by atoms with Gasteiger partial charge in [-0.2, -0.15) is 11.8 Å². The van der Waals surface area contributed by atoms with Crippen molar-refractivity contribution < 1.29 is 0 Å². The predicted octanol–water partition coefficient (Wildman–Crippen LogP) is 5.98. The summed E-state index contributed by atoms with van der Waals surface area (Å²) in [5, 5.41) is 0. The molecular formula is C18H39NS. The van der Waals surface area contributed by atoms with E-state index in [9.17, 15) is 0 Å². The van der Waals surface area contributed by atoms with Crippen molar-refractivity contribution >= 4 is 11.8 Å². The van der Waals surface area contributed by atoms with Gasteiger partial charge in [0.2, 0.25) is 0 Å². The molecule has 0 saturated heterocycles. The summed E-state index contributed by atoms with van der Waals surface area (Å²) in [4.78, 5) is 2.27. The molecule has 1 nitrogen and oxygen atoms in total. The van der Waals surface area contributed by atoms with Crippen LogP contribution in [-0.4, -0.2) is 37.0 Å². The summed E-state index contributed by atoms with van der Waals surface area (Å²) in [6.45, 7) is 3.52. The first kappa shape index (κ1) is 20.3. The number of hydrogen-bond donors (Lipinski definition) is 0. The van der Waals surface area contributed by atoms with Crippen LogP contribution in [0.5, 0.6) is 0 Å². The molecule has 0 aliphatic heterocycles. The number of hydrogen-bond acceptors (Lipinski definition) is 2. The highest BCUT2D eigenvalue weighted by Gasteiger charge is 1.94. The van der Waals surface area contributed by atoms with E-state index in [0.717, 1.165) is 0 Å². The van der Waals surface area contributed by atoms with Gasteiger partial charge in [-0.1, -0.05) is 77.6 Å². The molecule has 0 radical (unpaired) electrons. The summed E-state index contributed by atoms with van der Waals surface area (Å²) < 4.78 is 0. The normalized spacial score (nSPS) is 11.4. The Morgan fingerprint density at radius 1 is 0.600 bits per heavy atom. The third kappa shape index (κ3) is 18.3. The maximum absolute atomic E-state index is 2.29. The molecule has 0 N–H and O–H groups in total. The topological polar surface area (TPSA) is 3.24 Å². The van der Waals surface area contributed by atoms with Crippen LogP contribution in [0.2, 0.25) is 0 Å². The highest BCUT2D eigenvalue weighted by molar-refractivity contribution is 7.99. The summed E-state index contributed by atoms with van der Waals surface area (Å²) in [7, 11) is 4.31. The smallest absolute Gasteiger partial charge is 0.00662 e. The molecule has 0 heterocycles. The van der Waals surface area contributed by atoms with Gasteiger partial charge in [-0.3, -0.25) is 0 Å². The average Bonchev–Trinajstić information content (AvgIpc) is 2.43. The maximum Gasteiger partial charge on any atom is 0.00662 e. The molecule has 0 atom stereocenters. The van der Waals surface area contributed by atoms with Gasteiger partial charge in [-0.05, 0) is 26.3 Å². The Morgan fingerprint density at radius 2 is 1.05 bits per heavy atom. The lowest BCUT2D eigenvalue weighted by molar-refractivity contribution is 0.437. The summed E-state index contributed by atoms with van der Waals surface area (Å²) in [6.07, 6.45) is 17.4. The van der Waals surface area contributed by atoms with E-state index in [-0.39, 0.29) is 0 Å². The first-order chi connectivity index (χ1) is 9.77. The van der Waals surface area contributed by atoms with Crippen molar-refractivity contribution in [2.24, 2.45) is 0 Å². The van der Waals surface area contributed by atoms with Crippen LogP contribution in [0.1, 0.15) is 84.0 Å². The van der Waals surface area contributed by atoms with Gasteiger partial charge >= 0.3 is 0 Å². The van der Waals surface area contributed by atoms with Crippen molar-refractivity contribution in [3.63, 3.8) is 0 Å². The van der Waals surface area contributed by atoms with Gasteiger partial charge in [0.15, 0.2) is 0 Å². The number of rotatable bonds is 16. The van der Waals surface area contributed by atoms with E-state index in [1.54, 1.807) is 0 Å². The van der Waals surface area contributed by atoms with Crippen molar-refractivity contribution in [3.8, 4) is 0 Å². The Bertz CT molecular complexity index is 171. The highest BCUT2D eigenvalue weighted by Crippen LogP contribution is 2.13. The second-order valence-electron chi connectivity index (χ2n) is 6.30. The molecule has 0 spiro atoms. The van der Waals surface area contributed by atoms with Crippen LogP contribution in [0.3, 0.4) is 0 Å². The first-order valence-corrected chi connectivity index (χ1v) is 10.1. The van der Waals surface area contributed by atoms with Gasteiger partial charge in [0.25, 0.3) is 0 Å². The number of unbranched alkanes of at least 4 members (excludes halogenated alkanes) is 11. The molecule has 0 aliphatic rings. The quantitative estimate of drug-likeness (QED) is 0.322. The molecule has 0 aromatic carbocycles. The molecule has 122 valence electrons. The lowest BCUT2D eigenvalue weighted by atomic mass is 10.1. The van der Waals surface area contributed by atoms with Crippen LogP contribution in [0, 0.1) is 0 Å². The molecule has 20 heavy (non-hydrogen) atoms. The third-order valence-electron chi connectivity index (χ3n) is 3.83. The van der Waals surface area contributed by atoms with Gasteiger partial charge in [-0.15, -0.1) is 0 Å². The minimum Gasteiger partial charge on any atom is -0.309 e. The molecule has 0 amide bonds. The average molecular weight is 302 g/mol. The van der Waals surface area contributed by atoms with E-state index in [2.05, 4.69) is 37.7 Å². The van der Waals surface area contributed by atoms with Crippen LogP contribution < -0.4 is 0 Å². The van der Waals surface area contributed by atoms with E-state index in [1.807, 2.05) is 0 Å². The van der Waals surface area contributed by atoms with E-state index in [0.29, 0.717) is 0 Å². The lowest BCUT2D eigenvalue weighted by Crippen LogP contribution is -2.14. The van der Waals surface area contributed by atoms with Gasteiger partial charge in [0.1, 0.15) is 0 Å². The van der Waals surface area contributed by atoms with Gasteiger partial charge in [0.05, 0.1) is 0 Å². The second kappa shape index (κ2) is 17.4. The van der Waals surface area contributed by atoms with Crippen LogP contribution in [0.15, 0.2) is 0 Å². The fourth-order valence-electron chi connectivity index (χ4n) is 2.39. The summed E-state index contributed by atoms with van der Waals surface area (Å²) >= 11 is 2.12. The predicted molar refractivity (Wildman–Crippen MR) is 97.0 cm³/mol. The number of thioether (sulfide) groups is 1. The van der Waals surface area contributed by atoms with Crippen molar-refractivity contribution in [3.05, 3.63) is 0 Å². The van der Waals surface area contributed by atoms with E-state index < -0.39 is 0 Å². The first-order valence-electron chi connectivity index (χ1n) is 9.00. The van der Waals surface area contributed by atoms with Crippen LogP contribution in [0.25, 0.3) is 0 Å². The molecular weight excluding hydrogens is 262 g/mol. The zero-order chi connectivity index (χ0) is 14.9. The second-order valence-corrected chi connectivity index (χ2v) is 7.53. The minimum absolute atomic E-state index is 1.23. The Kier molecular flexibility index (Phi) is 17.6. The van der Waals surface area contributed by atoms with Crippen molar-refractivity contribution in [2.45, 2.75) is 84.0 Å². The van der Waals surface area contributed by atoms with Crippen LogP contribution in [-0.2, 0) is 0 Å². The zero-order valence-electron chi connectivity index (χ0n) is 14.5. The van der Waals surface area contributed by atoms with E-state index >= 15 is 0 Å². The van der Waals surface area contributed by atoms with Crippen molar-refractivity contribution in [1.29, 1.82) is 0 Å². The molecule has 0 unspecified atom stereocenters. The van der Waals surface area contributed by atoms with Gasteiger partial charge < -0.3 is 4.90 Å². The summed E-state index contributed by atoms with van der Waals surface area (Å²) in [6, 6.07) is 0. The molecule has 0 rings (SSSR count). The Morgan fingerprint density at radius 3 is 1.50 bits per heavy atom. The molecule has 0 aromatic rings. The van der Waals surface area contributed by atoms with Crippen LogP contribution >= 0.6 is 11.8 Å². The monoisotopic (exact) mass is 301 g/mol. The highest BCUT2D eigenvalue weighted by atomic mass is 32.2. The van der Waals surface area contributed by atoms with Crippen molar-refractivity contribution in [2.75, 3.05) is 32.1 Å². The fourth-order valence-corrected chi connectivity index (χ4v) is 3.50. The van der Waals surface area contributed by atoms with Gasteiger partial charge in [0, 0.05) is 12.3 Å². The molecule has 0 saturated carbocycles. The maximum atomic E-state index is 2.29. The zero-order valence-corrected chi connectivity index (χ0v) is 15.3. The summed E-state index contributed by atoms with van der Waals surface area (Å²) in [5.41, 5.74) is 0. The minimum atomic E-state index is 1.23. The third-order valence-corrected chi connectivity index (χ3v) is 4.87. The molecule has 2 heteroatoms. The molecule has 0 bridgehead atoms. The lowest BCUT2D eigenvalue weighted by Gasteiger charge is -2.08. The van der Waals surface area contributed by atoms with Crippen molar-refractivity contribution in [1.82, 2.24) is 4.90 Å². The number of nitrogens with zero attached hydrogens (tertiary/aromatic N) is 1. The standard InChI is InChI=1S/C18H39NS/c1-4-5-6-7-8-9-10-11-12-13-14-15-17-20-18-16-19(2)3/h4-18H2,1-3H3. The molecule has 0 aromatic heterocycles. The molecule has 0 aliphatic carbocycles. The van der Waals surface area contributed by atoms with E-state index in [1.165, 1.54) is 95.1 Å². The molecule has 0 fully saturated rings. The Hall–Kier alpha value is 0.310. The summed E-state index contributed by atoms with van der Waals surface area (Å²) in [5.74, 6) is 2.66. The van der Waals surface area contributed by atoms with E-state index in [4.69, 9.17) is 0 Å². The SMILES string of the molecule is CCCCCCCCCCCCCCSCCN(C)C. The van der Waals surface area contributed by atoms with Gasteiger partial charge in [-0.25, -0.2) is 0 Å². The fraction of sp³-hybridized carbons (Fsp3) is 1.00. The largest absolute Gasteiger partial charge is 0.309 e. The van der Waals surface area contributed by atoms with Crippen LogP contribution in [0.4, 0.5) is 0 Å². The Labute approximate surface area is 133 Å². The Balaban J connectivity index is 2.92.